The van der Waals surface area contributed by atoms with Gasteiger partial charge in [-0.05, 0) is 235 Å². The number of nitrogens with zero attached hydrogens (tertiary/aromatic N) is 4. The Labute approximate surface area is 707 Å². The van der Waals surface area contributed by atoms with Crippen molar-refractivity contribution in [2.75, 3.05) is 6.61 Å². The van der Waals surface area contributed by atoms with Crippen molar-refractivity contribution < 1.29 is 142 Å². The molecule has 3 aliphatic heterocycles. The van der Waals surface area contributed by atoms with Gasteiger partial charge in [0.2, 0.25) is 0 Å². The van der Waals surface area contributed by atoms with E-state index in [2.05, 4.69) is 184 Å². The van der Waals surface area contributed by atoms with Gasteiger partial charge >= 0.3 is 123 Å². The second-order valence-electron chi connectivity index (χ2n) is 29.6. The average Bonchev–Trinajstić information content (AvgIpc) is 1.54. The zero-order chi connectivity index (χ0) is 66.4. The van der Waals surface area contributed by atoms with Crippen molar-refractivity contribution in [3.63, 3.8) is 0 Å². The first-order chi connectivity index (χ1) is 43.6. The molecule has 12 nitrogen and oxygen atoms in total. The molecule has 0 bridgehead atoms. The van der Waals surface area contributed by atoms with Crippen LogP contribution in [0.2, 0.25) is 0 Å². The molecule has 1 atom stereocenters. The number of aryl methyl sites for hydroxylation is 2. The molecule has 98 heavy (non-hydrogen) atoms. The predicted octanol–water partition coefficient (Wildman–Crippen LogP) is 14.0. The molecule has 0 spiro atoms. The summed E-state index contributed by atoms with van der Waals surface area (Å²) in [7, 11) is -0.956. The van der Waals surface area contributed by atoms with Crippen LogP contribution in [-0.4, -0.2) is 72.8 Å². The number of hydrogen-bond acceptors (Lipinski definition) is 18. The summed E-state index contributed by atoms with van der Waals surface area (Å²) in [5.74, 6) is -0.799. The molecule has 24 heteroatoms. The van der Waals surface area contributed by atoms with Gasteiger partial charge in [0, 0.05) is 74.0 Å². The van der Waals surface area contributed by atoms with Gasteiger partial charge in [-0.2, -0.15) is 17.5 Å². The van der Waals surface area contributed by atoms with E-state index in [-0.39, 0.29) is 148 Å². The van der Waals surface area contributed by atoms with Crippen molar-refractivity contribution in [3.8, 4) is 52.2 Å². The third-order valence-corrected chi connectivity index (χ3v) is 28.0. The number of carbonyl (C=O) groups excluding carboxylic acids is 1. The van der Waals surface area contributed by atoms with Gasteiger partial charge in [0.1, 0.15) is 22.1 Å². The van der Waals surface area contributed by atoms with E-state index >= 15 is 0 Å². The molecule has 0 radical (unpaired) electrons. The van der Waals surface area contributed by atoms with Gasteiger partial charge in [-0.15, -0.1) is 45.3 Å². The van der Waals surface area contributed by atoms with Crippen LogP contribution >= 0.6 is 101 Å². The van der Waals surface area contributed by atoms with Crippen molar-refractivity contribution in [1.82, 2.24) is 17.5 Å². The van der Waals surface area contributed by atoms with Crippen LogP contribution in [0.3, 0.4) is 0 Å². The zero-order valence-electron chi connectivity index (χ0n) is 58.5. The van der Waals surface area contributed by atoms with Crippen molar-refractivity contribution in [2.24, 2.45) is 0 Å². The summed E-state index contributed by atoms with van der Waals surface area (Å²) in [6, 6.07) is 27.8. The normalized spacial score (nSPS) is 19.5. The Morgan fingerprint density at radius 2 is 0.857 bits per heavy atom. The third kappa shape index (κ3) is 13.2. The molecule has 4 aliphatic carbocycles. The van der Waals surface area contributed by atoms with E-state index in [0.29, 0.717) is 13.0 Å². The Morgan fingerprint density at radius 1 is 0.490 bits per heavy atom. The number of aromatic nitrogens is 4. The zero-order valence-corrected chi connectivity index (χ0v) is 71.9. The van der Waals surface area contributed by atoms with Gasteiger partial charge in [-0.3, -0.25) is 0 Å². The van der Waals surface area contributed by atoms with E-state index < -0.39 is 48.7 Å². The largest absolute Gasteiger partial charge is 1.00 e. The molecule has 6 aromatic heterocycles. The van der Waals surface area contributed by atoms with Crippen LogP contribution in [0.25, 0.3) is 74.3 Å². The van der Waals surface area contributed by atoms with Crippen LogP contribution in [0.15, 0.2) is 80.4 Å². The molecule has 0 amide bonds. The summed E-state index contributed by atoms with van der Waals surface area (Å²) in [5.41, 5.74) is 23.9. The van der Waals surface area contributed by atoms with Crippen LogP contribution in [0.1, 0.15) is 202 Å². The monoisotopic (exact) mass is 1610 g/mol. The van der Waals surface area contributed by atoms with Crippen LogP contribution in [-0.2, 0) is 54.7 Å². The van der Waals surface area contributed by atoms with Gasteiger partial charge in [-0.1, -0.05) is 102 Å². The number of halogens is 2. The standard InChI is InChI=1S/C28H24N2S3.C20H16Br2S2.C18H26B2N2O4S.C5H8O4.3CH4.2K.H/c1-13-7-8-15(24-23(13)29-33-30-24)22-12-21-26(32-22)17-11-18-16(10-19(17)28(21,5)6)25-20(27(18,3)4)9-14(2)31-25;1-19(2)11-5-10-12(6-9(11)17-13(19)7-15(21)23-17)20(3,4)14-8-16(22)24-18(10)14;1-15(2)16(3,4)24-19(23-15)11-9-10-12(14-13(11)21-27-22-14)20-25-17(5,6)18(7,8)26-20;6-5(9-7)4-2-1-3-8-4;;;;;;/h7-12H,1-6H3;5-8H,1-4H3;9-10H,1-8H3;4,7H,1-3H2;3*1H4;;;/q;;;;;;;2*+1;-1/p-1. The van der Waals surface area contributed by atoms with Crippen LogP contribution < -0.4 is 119 Å². The Kier molecular flexibility index (Phi) is 23.6. The first kappa shape index (κ1) is 81.0. The van der Waals surface area contributed by atoms with Crippen molar-refractivity contribution in [1.29, 1.82) is 0 Å². The second-order valence-corrected chi connectivity index (χ2v) is 37.8. The molecular formula is C74H86B2Br2K2N4O8S6. The maximum Gasteiger partial charge on any atom is 1.00 e. The molecule has 7 aliphatic rings. The van der Waals surface area contributed by atoms with Crippen molar-refractivity contribution in [2.45, 2.75) is 210 Å². The van der Waals surface area contributed by atoms with Crippen LogP contribution in [0, 0.1) is 13.8 Å². The Morgan fingerprint density at radius 3 is 1.26 bits per heavy atom. The Hall–Kier alpha value is -1.09. The number of thiophene rings is 4. The minimum absolute atomic E-state index is 0. The number of fused-ring (bicyclic) bond motifs is 14. The first-order valence-electron chi connectivity index (χ1n) is 31.5. The molecule has 17 rings (SSSR count). The summed E-state index contributed by atoms with van der Waals surface area (Å²) >= 11 is 17.5. The minimum Gasteiger partial charge on any atom is -1.00 e. The molecule has 9 heterocycles. The number of carbonyl (C=O) groups is 1. The van der Waals surface area contributed by atoms with Crippen molar-refractivity contribution >= 4 is 154 Å². The molecule has 3 saturated heterocycles. The Bertz CT molecular complexity index is 4570. The molecule has 10 aromatic rings. The van der Waals surface area contributed by atoms with Gasteiger partial charge in [0.05, 0.1) is 53.4 Å². The molecule has 0 N–H and O–H groups in total. The fourth-order valence-electron chi connectivity index (χ4n) is 14.2. The third-order valence-electron chi connectivity index (χ3n) is 21.3. The summed E-state index contributed by atoms with van der Waals surface area (Å²) < 4.78 is 50.4. The summed E-state index contributed by atoms with van der Waals surface area (Å²) in [6.07, 6.45) is 0.850. The quantitative estimate of drug-likeness (QED) is 0.0938. The smallest absolute Gasteiger partial charge is 1.00 e. The fourth-order valence-corrected chi connectivity index (χ4v) is 21.6. The first-order valence-corrected chi connectivity index (χ1v) is 37.8. The molecule has 3 fully saturated rings. The van der Waals surface area contributed by atoms with Crippen molar-refractivity contribution in [3.05, 3.63) is 135 Å². The SMILES string of the molecule is C.C.C.CC1(C)OB(c2ccc(B3OC(C)(C)C(C)(C)O3)c3nsnc23)OC1(C)C.CC1(C)c2cc3c(cc2-c2sc(Br)cc21)C(C)(C)c1cc(Br)sc1-3.Cc1cc2c(s1)-c1cc3c(cc1C2(C)C)-c1sc(-c2ccc(C)c4nsnc24)cc1C3(C)C.O=C(O[O-])C1CCCO1.[H-].[K+].[K+]. The average molecular weight is 1610 g/mol. The predicted molar refractivity (Wildman–Crippen MR) is 411 cm³/mol. The number of benzene rings is 4. The maximum atomic E-state index is 10.4. The molecular weight excluding hydrogens is 1520 g/mol. The molecule has 4 aromatic carbocycles. The van der Waals surface area contributed by atoms with Gasteiger partial charge in [-0.25, -0.2) is 4.79 Å². The van der Waals surface area contributed by atoms with Gasteiger partial charge in [0.15, 0.2) is 6.10 Å². The van der Waals surface area contributed by atoms with E-state index in [1.807, 2.05) is 113 Å². The number of rotatable bonds is 4. The topological polar surface area (TPSA) is 147 Å². The van der Waals surface area contributed by atoms with E-state index in [1.54, 1.807) is 0 Å². The van der Waals surface area contributed by atoms with Gasteiger partial charge in [0.25, 0.3) is 0 Å². The maximum absolute atomic E-state index is 10.4. The van der Waals surface area contributed by atoms with E-state index in [0.717, 1.165) is 39.4 Å². The van der Waals surface area contributed by atoms with E-state index in [4.69, 9.17) is 23.4 Å². The summed E-state index contributed by atoms with van der Waals surface area (Å²) in [5, 5.41) is 9.49. The van der Waals surface area contributed by atoms with Crippen LogP contribution in [0.5, 0.6) is 0 Å². The second kappa shape index (κ2) is 28.6. The fraction of sp³-hybridized carbons (Fsp3) is 0.446. The summed E-state index contributed by atoms with van der Waals surface area (Å²) in [4.78, 5) is 22.1. The molecule has 1 unspecified atom stereocenters. The number of hydrogen-bond donors (Lipinski definition) is 0. The molecule has 508 valence electrons. The van der Waals surface area contributed by atoms with E-state index in [9.17, 15) is 10.1 Å². The minimum atomic E-state index is -0.799. The molecule has 0 saturated carbocycles. The van der Waals surface area contributed by atoms with Gasteiger partial charge < -0.3 is 34.9 Å². The summed E-state index contributed by atoms with van der Waals surface area (Å²) in [6.45, 7) is 40.2. The van der Waals surface area contributed by atoms with Crippen LogP contribution in [0.4, 0.5) is 0 Å². The Balaban J connectivity index is 0.000000174. The van der Waals surface area contributed by atoms with E-state index in [1.165, 1.54) is 138 Å². The number of ether oxygens (including phenoxy) is 1.